The van der Waals surface area contributed by atoms with Gasteiger partial charge in [0.15, 0.2) is 0 Å². The van der Waals surface area contributed by atoms with Gasteiger partial charge in [0, 0.05) is 23.1 Å². The van der Waals surface area contributed by atoms with Crippen molar-refractivity contribution >= 4 is 5.78 Å². The van der Waals surface area contributed by atoms with E-state index in [0.29, 0.717) is 11.1 Å². The van der Waals surface area contributed by atoms with E-state index in [9.17, 15) is 20.1 Å². The Labute approximate surface area is 164 Å². The third-order valence-electron chi connectivity index (χ3n) is 5.14. The van der Waals surface area contributed by atoms with Crippen molar-refractivity contribution in [3.63, 3.8) is 0 Å². The second-order valence-electron chi connectivity index (χ2n) is 7.96. The van der Waals surface area contributed by atoms with Crippen molar-refractivity contribution in [3.05, 3.63) is 64.2 Å². The van der Waals surface area contributed by atoms with Crippen molar-refractivity contribution in [1.82, 2.24) is 0 Å². The van der Waals surface area contributed by atoms with Crippen LogP contribution in [0.5, 0.6) is 17.2 Å². The standard InChI is InChI=1S/C23H26O5/c1-13(2)10-11-15-20(26)16-12-17(24)23(3,4)28-22(16)18(21(15)27)19(25)14-8-6-5-7-9-14/h5-10,17,24,26-27H,11-12H2,1-4H3/t17-/m1/s1. The quantitative estimate of drug-likeness (QED) is 0.551. The van der Waals surface area contributed by atoms with E-state index in [1.807, 2.05) is 19.9 Å². The molecule has 1 heterocycles. The molecule has 1 aliphatic heterocycles. The minimum atomic E-state index is -0.959. The van der Waals surface area contributed by atoms with Crippen molar-refractivity contribution in [1.29, 1.82) is 0 Å². The summed E-state index contributed by atoms with van der Waals surface area (Å²) in [6.07, 6.45) is 1.40. The van der Waals surface area contributed by atoms with Crippen LogP contribution >= 0.6 is 0 Å². The Hall–Kier alpha value is -2.79. The van der Waals surface area contributed by atoms with Gasteiger partial charge in [-0.25, -0.2) is 0 Å². The smallest absolute Gasteiger partial charge is 0.200 e. The van der Waals surface area contributed by atoms with Crippen LogP contribution in [0.3, 0.4) is 0 Å². The fourth-order valence-corrected chi connectivity index (χ4v) is 3.33. The molecule has 0 amide bonds. The van der Waals surface area contributed by atoms with E-state index in [0.717, 1.165) is 5.57 Å². The third kappa shape index (κ3) is 3.50. The van der Waals surface area contributed by atoms with Crippen LogP contribution in [0.4, 0.5) is 0 Å². The molecule has 3 N–H and O–H groups in total. The van der Waals surface area contributed by atoms with Crippen LogP contribution < -0.4 is 4.74 Å². The predicted molar refractivity (Wildman–Crippen MR) is 107 cm³/mol. The van der Waals surface area contributed by atoms with Gasteiger partial charge in [0.2, 0.25) is 5.78 Å². The Morgan fingerprint density at radius 2 is 1.82 bits per heavy atom. The number of aromatic hydroxyl groups is 2. The summed E-state index contributed by atoms with van der Waals surface area (Å²) in [4.78, 5) is 13.2. The van der Waals surface area contributed by atoms with Crippen LogP contribution in [0.15, 0.2) is 42.0 Å². The predicted octanol–water partition coefficient (Wildman–Crippen LogP) is 3.91. The summed E-state index contributed by atoms with van der Waals surface area (Å²) >= 11 is 0. The molecule has 0 fully saturated rings. The average Bonchev–Trinajstić information content (AvgIpc) is 2.63. The number of fused-ring (bicyclic) bond motifs is 1. The number of aliphatic hydroxyl groups excluding tert-OH is 1. The lowest BCUT2D eigenvalue weighted by atomic mass is 9.85. The van der Waals surface area contributed by atoms with Crippen LogP contribution in [0.2, 0.25) is 0 Å². The largest absolute Gasteiger partial charge is 0.507 e. The minimum Gasteiger partial charge on any atom is -0.507 e. The van der Waals surface area contributed by atoms with E-state index in [-0.39, 0.29) is 47.0 Å². The molecule has 0 unspecified atom stereocenters. The maximum absolute atomic E-state index is 13.2. The minimum absolute atomic E-state index is 0.0242. The van der Waals surface area contributed by atoms with Crippen molar-refractivity contribution < 1.29 is 24.9 Å². The summed E-state index contributed by atoms with van der Waals surface area (Å²) in [7, 11) is 0. The third-order valence-corrected chi connectivity index (χ3v) is 5.14. The molecule has 0 spiro atoms. The molecule has 5 heteroatoms. The number of aliphatic hydroxyl groups is 1. The molecule has 0 bridgehead atoms. The fourth-order valence-electron chi connectivity index (χ4n) is 3.33. The molecular weight excluding hydrogens is 356 g/mol. The van der Waals surface area contributed by atoms with Crippen LogP contribution in [0.25, 0.3) is 0 Å². The van der Waals surface area contributed by atoms with E-state index in [2.05, 4.69) is 0 Å². The number of allylic oxidation sites excluding steroid dienone is 2. The number of phenols is 2. The lowest BCUT2D eigenvalue weighted by Crippen LogP contribution is -2.46. The average molecular weight is 382 g/mol. The van der Waals surface area contributed by atoms with Gasteiger partial charge in [0.05, 0.1) is 6.10 Å². The molecule has 0 saturated heterocycles. The van der Waals surface area contributed by atoms with Crippen molar-refractivity contribution in [3.8, 4) is 17.2 Å². The van der Waals surface area contributed by atoms with Gasteiger partial charge in [-0.3, -0.25) is 4.79 Å². The number of rotatable bonds is 4. The molecule has 0 saturated carbocycles. The van der Waals surface area contributed by atoms with Gasteiger partial charge in [0.1, 0.15) is 28.4 Å². The molecule has 1 aliphatic rings. The Bertz CT molecular complexity index is 937. The van der Waals surface area contributed by atoms with Gasteiger partial charge in [0.25, 0.3) is 0 Å². The molecule has 5 nitrogen and oxygen atoms in total. The number of benzene rings is 2. The zero-order valence-corrected chi connectivity index (χ0v) is 16.6. The van der Waals surface area contributed by atoms with Gasteiger partial charge in [-0.2, -0.15) is 0 Å². The molecule has 3 rings (SSSR count). The highest BCUT2D eigenvalue weighted by Crippen LogP contribution is 2.48. The summed E-state index contributed by atoms with van der Waals surface area (Å²) < 4.78 is 5.94. The van der Waals surface area contributed by atoms with Crippen LogP contribution in [0, 0.1) is 0 Å². The van der Waals surface area contributed by atoms with Crippen molar-refractivity contribution in [2.24, 2.45) is 0 Å². The molecule has 148 valence electrons. The van der Waals surface area contributed by atoms with Gasteiger partial charge in [-0.15, -0.1) is 0 Å². The van der Waals surface area contributed by atoms with Gasteiger partial charge < -0.3 is 20.1 Å². The second kappa shape index (κ2) is 7.32. The summed E-state index contributed by atoms with van der Waals surface area (Å²) in [5.74, 6) is -0.668. The summed E-state index contributed by atoms with van der Waals surface area (Å²) in [5.41, 5.74) is 1.10. The van der Waals surface area contributed by atoms with Crippen molar-refractivity contribution in [2.75, 3.05) is 0 Å². The number of phenolic OH excluding ortho intramolecular Hbond substituents is 2. The Balaban J connectivity index is 2.27. The number of hydrogen-bond donors (Lipinski definition) is 3. The van der Waals surface area contributed by atoms with Crippen LogP contribution in [-0.4, -0.2) is 32.8 Å². The normalized spacial score (nSPS) is 17.4. The van der Waals surface area contributed by atoms with Crippen LogP contribution in [-0.2, 0) is 12.8 Å². The first-order valence-corrected chi connectivity index (χ1v) is 9.33. The second-order valence-corrected chi connectivity index (χ2v) is 7.96. The molecule has 1 atom stereocenters. The highest BCUT2D eigenvalue weighted by atomic mass is 16.5. The maximum atomic E-state index is 13.2. The Kier molecular flexibility index (Phi) is 5.22. The van der Waals surface area contributed by atoms with E-state index in [1.165, 1.54) is 0 Å². The first-order chi connectivity index (χ1) is 13.1. The molecule has 28 heavy (non-hydrogen) atoms. The number of ketones is 1. The zero-order chi connectivity index (χ0) is 20.6. The monoisotopic (exact) mass is 382 g/mol. The van der Waals surface area contributed by atoms with E-state index in [1.54, 1.807) is 44.2 Å². The molecule has 0 radical (unpaired) electrons. The molecular formula is C23H26O5. The summed E-state index contributed by atoms with van der Waals surface area (Å²) in [6, 6.07) is 8.63. The lowest BCUT2D eigenvalue weighted by molar-refractivity contribution is -0.0422. The van der Waals surface area contributed by atoms with Gasteiger partial charge in [-0.05, 0) is 34.1 Å². The number of carbonyl (C=O) groups is 1. The van der Waals surface area contributed by atoms with Gasteiger partial charge in [-0.1, -0.05) is 42.0 Å². The highest BCUT2D eigenvalue weighted by molar-refractivity contribution is 6.13. The fraction of sp³-hybridized carbons (Fsp3) is 0.348. The van der Waals surface area contributed by atoms with Gasteiger partial charge >= 0.3 is 0 Å². The zero-order valence-electron chi connectivity index (χ0n) is 16.6. The summed E-state index contributed by atoms with van der Waals surface area (Å²) in [6.45, 7) is 7.25. The topological polar surface area (TPSA) is 87.0 Å². The maximum Gasteiger partial charge on any atom is 0.200 e. The molecule has 2 aromatic rings. The molecule has 0 aliphatic carbocycles. The van der Waals surface area contributed by atoms with E-state index >= 15 is 0 Å². The van der Waals surface area contributed by atoms with Crippen LogP contribution in [0.1, 0.15) is 54.7 Å². The number of ether oxygens (including phenoxy) is 1. The molecule has 2 aromatic carbocycles. The molecule has 0 aromatic heterocycles. The SMILES string of the molecule is CC(C)=CCc1c(O)c2c(c(C(=O)c3ccccc3)c1O)OC(C)(C)[C@H](O)C2. The van der Waals surface area contributed by atoms with Crippen molar-refractivity contribution in [2.45, 2.75) is 52.2 Å². The highest BCUT2D eigenvalue weighted by Gasteiger charge is 2.41. The van der Waals surface area contributed by atoms with E-state index < -0.39 is 11.7 Å². The Morgan fingerprint density at radius 1 is 1.18 bits per heavy atom. The lowest BCUT2D eigenvalue weighted by Gasteiger charge is -2.38. The first-order valence-electron chi connectivity index (χ1n) is 9.33. The van der Waals surface area contributed by atoms with E-state index in [4.69, 9.17) is 4.74 Å². The summed E-state index contributed by atoms with van der Waals surface area (Å²) in [5, 5.41) is 32.2. The first kappa shape index (κ1) is 20.0. The number of carbonyl (C=O) groups excluding carboxylic acids is 1. The Morgan fingerprint density at radius 3 is 2.43 bits per heavy atom. The number of hydrogen-bond acceptors (Lipinski definition) is 5.